The lowest BCUT2D eigenvalue weighted by Crippen LogP contribution is -2.43. The van der Waals surface area contributed by atoms with Crippen molar-refractivity contribution in [1.29, 1.82) is 0 Å². The molecule has 2 aromatic rings. The smallest absolute Gasteiger partial charge is 0.305 e. The zero-order chi connectivity index (χ0) is 21.7. The van der Waals surface area contributed by atoms with E-state index in [1.807, 2.05) is 12.1 Å². The number of aliphatic carboxylic acids is 1. The summed E-state index contributed by atoms with van der Waals surface area (Å²) in [5.74, 6) is -0.575. The van der Waals surface area contributed by atoms with Gasteiger partial charge in [0.05, 0.1) is 18.7 Å². The molecule has 0 fully saturated rings. The van der Waals surface area contributed by atoms with E-state index < -0.39 is 28.5 Å². The van der Waals surface area contributed by atoms with Gasteiger partial charge in [-0.1, -0.05) is 6.07 Å². The van der Waals surface area contributed by atoms with Crippen LogP contribution in [0.3, 0.4) is 0 Å². The Morgan fingerprint density at radius 3 is 2.80 bits per heavy atom. The molecule has 2 heterocycles. The molecule has 0 saturated heterocycles. The van der Waals surface area contributed by atoms with Crippen LogP contribution in [-0.2, 0) is 26.0 Å². The predicted octanol–water partition coefficient (Wildman–Crippen LogP) is 0.896. The second-order valence-electron chi connectivity index (χ2n) is 7.12. The molecule has 1 aliphatic heterocycles. The maximum Gasteiger partial charge on any atom is 0.305 e. The molecule has 0 bridgehead atoms. The highest BCUT2D eigenvalue weighted by Gasteiger charge is 2.23. The van der Waals surface area contributed by atoms with E-state index in [1.165, 1.54) is 0 Å². The van der Waals surface area contributed by atoms with Crippen molar-refractivity contribution in [2.45, 2.75) is 31.7 Å². The highest BCUT2D eigenvalue weighted by atomic mass is 32.2. The number of fused-ring (bicyclic) bond motifs is 1. The minimum absolute atomic E-state index is 0.144. The lowest BCUT2D eigenvalue weighted by atomic mass is 10.1. The van der Waals surface area contributed by atoms with Crippen LogP contribution in [0.15, 0.2) is 33.7 Å². The van der Waals surface area contributed by atoms with Crippen molar-refractivity contribution in [1.82, 2.24) is 15.4 Å². The molecule has 3 rings (SSSR count). The Hall–Kier alpha value is -2.92. The molecule has 0 radical (unpaired) electrons. The summed E-state index contributed by atoms with van der Waals surface area (Å²) < 4.78 is 31.1. The van der Waals surface area contributed by atoms with Crippen molar-refractivity contribution in [2.75, 3.05) is 19.3 Å². The highest BCUT2D eigenvalue weighted by Crippen LogP contribution is 2.27. The van der Waals surface area contributed by atoms with Crippen molar-refractivity contribution in [3.8, 4) is 0 Å². The van der Waals surface area contributed by atoms with E-state index in [2.05, 4.69) is 20.3 Å². The third kappa shape index (κ3) is 6.29. The maximum atomic E-state index is 12.1. The third-order valence-electron chi connectivity index (χ3n) is 4.47. The van der Waals surface area contributed by atoms with Gasteiger partial charge in [0.15, 0.2) is 5.96 Å². The van der Waals surface area contributed by atoms with Gasteiger partial charge in [0, 0.05) is 24.9 Å². The number of benzene rings is 1. The first-order valence-corrected chi connectivity index (χ1v) is 11.4. The van der Waals surface area contributed by atoms with Gasteiger partial charge >= 0.3 is 5.97 Å². The summed E-state index contributed by atoms with van der Waals surface area (Å²) >= 11 is 0. The van der Waals surface area contributed by atoms with Crippen LogP contribution in [-0.4, -0.2) is 50.7 Å². The minimum Gasteiger partial charge on any atom is -0.481 e. The Balaban J connectivity index is 1.69. The standard InChI is InChI=1S/C19H24N4O6S/c1-30(27,28)23-14(11-18(25)26)16-10-13-9-12(3-5-15(13)29-16)4-6-17(24)22-19-20-7-2-8-21-19/h3,5,9-10,14,23H,2,4,6-8,11H2,1H3,(H,25,26)(H2,20,21,22,24). The fraction of sp³-hybridized carbons (Fsp3) is 0.421. The number of carboxylic acid groups (broad SMARTS) is 1. The summed E-state index contributed by atoms with van der Waals surface area (Å²) in [5, 5.41) is 15.6. The normalized spacial score (nSPS) is 15.3. The van der Waals surface area contributed by atoms with Crippen molar-refractivity contribution in [3.05, 3.63) is 35.6 Å². The molecule has 11 heteroatoms. The summed E-state index contributed by atoms with van der Waals surface area (Å²) in [5.41, 5.74) is 1.40. The monoisotopic (exact) mass is 436 g/mol. The predicted molar refractivity (Wildman–Crippen MR) is 111 cm³/mol. The lowest BCUT2D eigenvalue weighted by Gasteiger charge is -2.14. The van der Waals surface area contributed by atoms with Gasteiger partial charge in [-0.3, -0.25) is 19.9 Å². The molecule has 1 unspecified atom stereocenters. The molecule has 1 aromatic heterocycles. The van der Waals surface area contributed by atoms with E-state index in [9.17, 15) is 18.0 Å². The zero-order valence-electron chi connectivity index (χ0n) is 16.5. The third-order valence-corrected chi connectivity index (χ3v) is 5.19. The van der Waals surface area contributed by atoms with E-state index in [0.29, 0.717) is 29.9 Å². The van der Waals surface area contributed by atoms with Gasteiger partial charge in [-0.25, -0.2) is 13.1 Å². The van der Waals surface area contributed by atoms with Gasteiger partial charge < -0.3 is 14.8 Å². The summed E-state index contributed by atoms with van der Waals surface area (Å²) in [6, 6.07) is 5.98. The fourth-order valence-electron chi connectivity index (χ4n) is 3.14. The van der Waals surface area contributed by atoms with Gasteiger partial charge in [-0.15, -0.1) is 0 Å². The van der Waals surface area contributed by atoms with Crippen molar-refractivity contribution >= 4 is 38.8 Å². The molecule has 4 N–H and O–H groups in total. The molecule has 162 valence electrons. The average Bonchev–Trinajstić information content (AvgIpc) is 3.08. The first-order chi connectivity index (χ1) is 14.2. The van der Waals surface area contributed by atoms with Gasteiger partial charge in [0.25, 0.3) is 0 Å². The molecule has 0 aliphatic carbocycles. The maximum absolute atomic E-state index is 12.1. The van der Waals surface area contributed by atoms with E-state index in [4.69, 9.17) is 9.52 Å². The second kappa shape index (κ2) is 9.26. The zero-order valence-corrected chi connectivity index (χ0v) is 17.3. The number of carboxylic acids is 1. The fourth-order valence-corrected chi connectivity index (χ4v) is 3.86. The second-order valence-corrected chi connectivity index (χ2v) is 8.90. The van der Waals surface area contributed by atoms with E-state index >= 15 is 0 Å². The number of furan rings is 1. The number of sulfonamides is 1. The van der Waals surface area contributed by atoms with Crippen LogP contribution in [0.4, 0.5) is 0 Å². The Morgan fingerprint density at radius 2 is 2.13 bits per heavy atom. The summed E-state index contributed by atoms with van der Waals surface area (Å²) in [6.07, 6.45) is 2.23. The molecule has 0 spiro atoms. The van der Waals surface area contributed by atoms with Crippen LogP contribution in [0, 0.1) is 0 Å². The average molecular weight is 436 g/mol. The van der Waals surface area contributed by atoms with Crippen LogP contribution in [0.25, 0.3) is 11.0 Å². The topological polar surface area (TPSA) is 150 Å². The number of guanidine groups is 1. The van der Waals surface area contributed by atoms with Crippen LogP contribution in [0.2, 0.25) is 0 Å². The minimum atomic E-state index is -3.63. The number of aliphatic imine (C=N–C) groups is 1. The number of amides is 1. The van der Waals surface area contributed by atoms with Gasteiger partial charge in [-0.2, -0.15) is 0 Å². The Labute approximate surface area is 173 Å². The van der Waals surface area contributed by atoms with E-state index in [0.717, 1.165) is 24.8 Å². The quantitative estimate of drug-likeness (QED) is 0.480. The lowest BCUT2D eigenvalue weighted by molar-refractivity contribution is -0.137. The molecule has 10 nitrogen and oxygen atoms in total. The number of hydrogen-bond donors (Lipinski definition) is 4. The number of aryl methyl sites for hydroxylation is 1. The van der Waals surface area contributed by atoms with E-state index in [1.54, 1.807) is 12.1 Å². The van der Waals surface area contributed by atoms with Crippen molar-refractivity contribution in [2.24, 2.45) is 4.99 Å². The highest BCUT2D eigenvalue weighted by molar-refractivity contribution is 7.88. The largest absolute Gasteiger partial charge is 0.481 e. The van der Waals surface area contributed by atoms with Crippen LogP contribution >= 0.6 is 0 Å². The number of nitrogens with zero attached hydrogens (tertiary/aromatic N) is 1. The Bertz CT molecular complexity index is 1080. The summed E-state index contributed by atoms with van der Waals surface area (Å²) in [7, 11) is -3.63. The van der Waals surface area contributed by atoms with Gasteiger partial charge in [0.1, 0.15) is 11.3 Å². The van der Waals surface area contributed by atoms with Gasteiger partial charge in [-0.05, 0) is 36.6 Å². The number of carbonyl (C=O) groups excluding carboxylic acids is 1. The van der Waals surface area contributed by atoms with Crippen LogP contribution in [0.5, 0.6) is 0 Å². The number of carbonyl (C=O) groups is 2. The molecular weight excluding hydrogens is 412 g/mol. The SMILES string of the molecule is CS(=O)(=O)NC(CC(=O)O)c1cc2cc(CCC(=O)NC3=NCCCN3)ccc2o1. The van der Waals surface area contributed by atoms with Gasteiger partial charge in [0.2, 0.25) is 15.9 Å². The Morgan fingerprint density at radius 1 is 1.33 bits per heavy atom. The van der Waals surface area contributed by atoms with Crippen LogP contribution in [0.1, 0.15) is 36.6 Å². The van der Waals surface area contributed by atoms with Crippen LogP contribution < -0.4 is 15.4 Å². The number of hydrogen-bond acceptors (Lipinski definition) is 7. The Kier molecular flexibility index (Phi) is 6.73. The van der Waals surface area contributed by atoms with E-state index in [-0.39, 0.29) is 18.1 Å². The number of rotatable bonds is 8. The van der Waals surface area contributed by atoms with Crippen molar-refractivity contribution in [3.63, 3.8) is 0 Å². The molecule has 1 atom stereocenters. The molecular formula is C19H24N4O6S. The molecule has 0 saturated carbocycles. The molecule has 1 aromatic carbocycles. The first kappa shape index (κ1) is 21.8. The molecule has 1 aliphatic rings. The number of nitrogens with one attached hydrogen (secondary N) is 3. The summed E-state index contributed by atoms with van der Waals surface area (Å²) in [6.45, 7) is 1.48. The molecule has 1 amide bonds. The first-order valence-electron chi connectivity index (χ1n) is 9.49. The molecule has 30 heavy (non-hydrogen) atoms. The summed E-state index contributed by atoms with van der Waals surface area (Å²) in [4.78, 5) is 27.4. The van der Waals surface area contributed by atoms with Crippen molar-refractivity contribution < 1.29 is 27.5 Å².